The van der Waals surface area contributed by atoms with Crippen LogP contribution < -0.4 is 0 Å². The first kappa shape index (κ1) is 7.84. The summed E-state index contributed by atoms with van der Waals surface area (Å²) in [5, 5.41) is 0. The number of amides is 1. The highest BCUT2D eigenvalue weighted by atomic mass is 16.2. The van der Waals surface area contributed by atoms with Gasteiger partial charge in [-0.3, -0.25) is 4.79 Å². The number of allylic oxidation sites excluding steroid dienone is 1. The van der Waals surface area contributed by atoms with E-state index in [-0.39, 0.29) is 0 Å². The number of hydrogen-bond donors (Lipinski definition) is 0. The van der Waals surface area contributed by atoms with Gasteiger partial charge < -0.3 is 4.90 Å². The summed E-state index contributed by atoms with van der Waals surface area (Å²) in [5.41, 5.74) is 0. The van der Waals surface area contributed by atoms with Gasteiger partial charge in [-0.2, -0.15) is 0 Å². The monoisotopic (exact) mass is 165 g/mol. The van der Waals surface area contributed by atoms with Crippen molar-refractivity contribution in [2.75, 3.05) is 6.54 Å². The molecule has 1 fully saturated rings. The van der Waals surface area contributed by atoms with Crippen molar-refractivity contribution >= 4 is 5.91 Å². The minimum absolute atomic E-state index is 0.363. The Bertz CT molecular complexity index is 210. The molecule has 1 unspecified atom stereocenters. The van der Waals surface area contributed by atoms with Crippen molar-refractivity contribution in [2.45, 2.75) is 38.1 Å². The maximum Gasteiger partial charge on any atom is 0.223 e. The van der Waals surface area contributed by atoms with E-state index in [0.717, 1.165) is 25.8 Å². The zero-order valence-corrected chi connectivity index (χ0v) is 7.33. The zero-order chi connectivity index (χ0) is 8.39. The summed E-state index contributed by atoms with van der Waals surface area (Å²) >= 11 is 0. The molecule has 0 saturated carbocycles. The maximum atomic E-state index is 11.5. The van der Waals surface area contributed by atoms with Crippen LogP contribution in [0.1, 0.15) is 32.1 Å². The molecule has 2 heteroatoms. The molecule has 1 amide bonds. The minimum Gasteiger partial charge on any atom is -0.336 e. The molecule has 0 aromatic heterocycles. The van der Waals surface area contributed by atoms with Crippen LogP contribution in [0.2, 0.25) is 0 Å². The molecule has 0 N–H and O–H groups in total. The largest absolute Gasteiger partial charge is 0.336 e. The third-order valence-corrected chi connectivity index (χ3v) is 2.74. The van der Waals surface area contributed by atoms with Gasteiger partial charge in [0.15, 0.2) is 0 Å². The molecule has 0 aromatic carbocycles. The molecule has 1 saturated heterocycles. The van der Waals surface area contributed by atoms with E-state index < -0.39 is 0 Å². The molecule has 1 atom stereocenters. The van der Waals surface area contributed by atoms with Crippen LogP contribution in [0.4, 0.5) is 0 Å². The molecule has 66 valence electrons. The molecule has 0 aromatic rings. The molecular formula is C10H15NO. The van der Waals surface area contributed by atoms with Gasteiger partial charge in [0, 0.05) is 13.0 Å². The highest BCUT2D eigenvalue weighted by Crippen LogP contribution is 2.21. The van der Waals surface area contributed by atoms with Crippen LogP contribution in [0.5, 0.6) is 0 Å². The first-order valence-corrected chi connectivity index (χ1v) is 4.84. The Morgan fingerprint density at radius 1 is 1.42 bits per heavy atom. The van der Waals surface area contributed by atoms with Crippen LogP contribution in [0.3, 0.4) is 0 Å². The van der Waals surface area contributed by atoms with Gasteiger partial charge >= 0.3 is 0 Å². The van der Waals surface area contributed by atoms with Gasteiger partial charge in [-0.05, 0) is 25.7 Å². The SMILES string of the molecule is O=C1CCC/C=C\C2CCCN12. The number of carbonyl (C=O) groups is 1. The predicted octanol–water partition coefficient (Wildman–Crippen LogP) is 1.72. The zero-order valence-electron chi connectivity index (χ0n) is 7.33. The summed E-state index contributed by atoms with van der Waals surface area (Å²) in [7, 11) is 0. The number of hydrogen-bond acceptors (Lipinski definition) is 1. The molecule has 0 spiro atoms. The van der Waals surface area contributed by atoms with E-state index in [4.69, 9.17) is 0 Å². The fourth-order valence-corrected chi connectivity index (χ4v) is 2.07. The number of rotatable bonds is 0. The Hall–Kier alpha value is -0.790. The summed E-state index contributed by atoms with van der Waals surface area (Å²) in [6.45, 7) is 0.980. The van der Waals surface area contributed by atoms with Gasteiger partial charge in [-0.25, -0.2) is 0 Å². The topological polar surface area (TPSA) is 20.3 Å². The van der Waals surface area contributed by atoms with E-state index in [1.807, 2.05) is 4.90 Å². The summed E-state index contributed by atoms with van der Waals surface area (Å²) < 4.78 is 0. The van der Waals surface area contributed by atoms with Crippen molar-refractivity contribution in [2.24, 2.45) is 0 Å². The van der Waals surface area contributed by atoms with Crippen molar-refractivity contribution in [1.82, 2.24) is 4.90 Å². The summed E-state index contributed by atoms with van der Waals surface area (Å²) in [6, 6.07) is 0.429. The Kier molecular flexibility index (Phi) is 2.15. The van der Waals surface area contributed by atoms with Crippen molar-refractivity contribution < 1.29 is 4.79 Å². The molecule has 12 heavy (non-hydrogen) atoms. The normalized spacial score (nSPS) is 32.5. The van der Waals surface area contributed by atoms with E-state index in [1.165, 1.54) is 12.8 Å². The standard InChI is InChI=1S/C10H15NO/c12-10-7-3-1-2-5-9-6-4-8-11(9)10/h2,5,9H,1,3-4,6-8H2/b5-2-. The molecular weight excluding hydrogens is 150 g/mol. The van der Waals surface area contributed by atoms with Crippen LogP contribution in [-0.2, 0) is 4.79 Å². The van der Waals surface area contributed by atoms with E-state index in [9.17, 15) is 4.79 Å². The van der Waals surface area contributed by atoms with Crippen LogP contribution in [0, 0.1) is 0 Å². The summed E-state index contributed by atoms with van der Waals surface area (Å²) in [4.78, 5) is 13.6. The highest BCUT2D eigenvalue weighted by molar-refractivity contribution is 5.77. The van der Waals surface area contributed by atoms with E-state index >= 15 is 0 Å². The summed E-state index contributed by atoms with van der Waals surface area (Å²) in [5.74, 6) is 0.363. The third kappa shape index (κ3) is 1.38. The van der Waals surface area contributed by atoms with Crippen LogP contribution in [0.15, 0.2) is 12.2 Å². The fourth-order valence-electron chi connectivity index (χ4n) is 2.07. The minimum atomic E-state index is 0.363. The van der Waals surface area contributed by atoms with Crippen molar-refractivity contribution in [3.8, 4) is 0 Å². The van der Waals surface area contributed by atoms with Crippen molar-refractivity contribution in [3.05, 3.63) is 12.2 Å². The Balaban J connectivity index is 2.14. The Labute approximate surface area is 73.2 Å². The molecule has 2 heterocycles. The second-order valence-corrected chi connectivity index (χ2v) is 3.62. The van der Waals surface area contributed by atoms with Crippen LogP contribution >= 0.6 is 0 Å². The van der Waals surface area contributed by atoms with Gasteiger partial charge in [0.1, 0.15) is 0 Å². The predicted molar refractivity (Wildman–Crippen MR) is 47.7 cm³/mol. The molecule has 2 aliphatic heterocycles. The molecule has 0 radical (unpaired) electrons. The first-order valence-electron chi connectivity index (χ1n) is 4.84. The first-order chi connectivity index (χ1) is 5.88. The van der Waals surface area contributed by atoms with Crippen molar-refractivity contribution in [1.29, 1.82) is 0 Å². The molecule has 0 bridgehead atoms. The average molecular weight is 165 g/mol. The van der Waals surface area contributed by atoms with Gasteiger partial charge in [0.05, 0.1) is 6.04 Å². The van der Waals surface area contributed by atoms with E-state index in [0.29, 0.717) is 11.9 Å². The Morgan fingerprint density at radius 2 is 2.33 bits per heavy atom. The van der Waals surface area contributed by atoms with Gasteiger partial charge in [-0.1, -0.05) is 12.2 Å². The third-order valence-electron chi connectivity index (χ3n) is 2.74. The quantitative estimate of drug-likeness (QED) is 0.500. The molecule has 2 nitrogen and oxygen atoms in total. The van der Waals surface area contributed by atoms with Crippen molar-refractivity contribution in [3.63, 3.8) is 0 Å². The highest BCUT2D eigenvalue weighted by Gasteiger charge is 2.26. The lowest BCUT2D eigenvalue weighted by molar-refractivity contribution is -0.131. The Morgan fingerprint density at radius 3 is 3.25 bits per heavy atom. The average Bonchev–Trinajstić information content (AvgIpc) is 2.47. The van der Waals surface area contributed by atoms with E-state index in [2.05, 4.69) is 12.2 Å². The fraction of sp³-hybridized carbons (Fsp3) is 0.700. The number of fused-ring (bicyclic) bond motifs is 1. The van der Waals surface area contributed by atoms with Crippen LogP contribution in [-0.4, -0.2) is 23.4 Å². The lowest BCUT2D eigenvalue weighted by Crippen LogP contribution is -2.34. The molecule has 2 aliphatic rings. The maximum absolute atomic E-state index is 11.5. The molecule has 0 aliphatic carbocycles. The lowest BCUT2D eigenvalue weighted by Gasteiger charge is -2.23. The lowest BCUT2D eigenvalue weighted by atomic mass is 10.1. The van der Waals surface area contributed by atoms with Crippen LogP contribution in [0.25, 0.3) is 0 Å². The smallest absolute Gasteiger partial charge is 0.223 e. The van der Waals surface area contributed by atoms with Gasteiger partial charge in [0.2, 0.25) is 5.91 Å². The summed E-state index contributed by atoms with van der Waals surface area (Å²) in [6.07, 6.45) is 9.65. The number of nitrogens with zero attached hydrogens (tertiary/aromatic N) is 1. The number of carbonyl (C=O) groups excluding carboxylic acids is 1. The van der Waals surface area contributed by atoms with E-state index in [1.54, 1.807) is 0 Å². The molecule has 2 rings (SSSR count). The second kappa shape index (κ2) is 3.30. The van der Waals surface area contributed by atoms with Gasteiger partial charge in [-0.15, -0.1) is 0 Å². The van der Waals surface area contributed by atoms with Gasteiger partial charge in [0.25, 0.3) is 0 Å². The second-order valence-electron chi connectivity index (χ2n) is 3.62.